The van der Waals surface area contributed by atoms with Crippen molar-refractivity contribution in [3.8, 4) is 0 Å². The molecule has 0 radical (unpaired) electrons. The predicted molar refractivity (Wildman–Crippen MR) is 58.1 cm³/mol. The van der Waals surface area contributed by atoms with Crippen LogP contribution in [0.2, 0.25) is 5.02 Å². The molecule has 2 atom stereocenters. The third-order valence-corrected chi connectivity index (χ3v) is 3.85. The first-order chi connectivity index (χ1) is 6.70. The average Bonchev–Trinajstić information content (AvgIpc) is 2.98. The van der Waals surface area contributed by atoms with Crippen LogP contribution in [0.4, 0.5) is 0 Å². The van der Waals surface area contributed by atoms with Gasteiger partial charge in [-0.25, -0.2) is 0 Å². The largest absolute Gasteiger partial charge is 0.321 e. The third-order valence-electron chi connectivity index (χ3n) is 3.61. The Balaban J connectivity index is 1.88. The van der Waals surface area contributed by atoms with Gasteiger partial charge in [-0.05, 0) is 48.8 Å². The normalized spacial score (nSPS) is 35.7. The van der Waals surface area contributed by atoms with E-state index in [1.165, 1.54) is 18.4 Å². The van der Waals surface area contributed by atoms with Crippen molar-refractivity contribution >= 4 is 11.6 Å². The first kappa shape index (κ1) is 8.75. The van der Waals surface area contributed by atoms with Crippen LogP contribution in [-0.4, -0.2) is 0 Å². The second-order valence-corrected chi connectivity index (χ2v) is 5.14. The summed E-state index contributed by atoms with van der Waals surface area (Å²) >= 11 is 5.97. The van der Waals surface area contributed by atoms with E-state index < -0.39 is 0 Å². The highest BCUT2D eigenvalue weighted by Gasteiger charge is 2.58. The average molecular weight is 208 g/mol. The van der Waals surface area contributed by atoms with E-state index in [0.717, 1.165) is 23.3 Å². The van der Waals surface area contributed by atoms with Crippen LogP contribution in [0.1, 0.15) is 24.8 Å². The van der Waals surface area contributed by atoms with Gasteiger partial charge < -0.3 is 5.73 Å². The Labute approximate surface area is 89.3 Å². The van der Waals surface area contributed by atoms with Crippen molar-refractivity contribution in [3.05, 3.63) is 34.9 Å². The van der Waals surface area contributed by atoms with Crippen molar-refractivity contribution in [1.82, 2.24) is 0 Å². The highest BCUT2D eigenvalue weighted by Crippen LogP contribution is 2.60. The van der Waals surface area contributed by atoms with Crippen molar-refractivity contribution in [2.75, 3.05) is 0 Å². The molecule has 0 bridgehead atoms. The molecule has 0 saturated heterocycles. The van der Waals surface area contributed by atoms with Gasteiger partial charge in [-0.3, -0.25) is 0 Å². The maximum atomic E-state index is 6.36. The van der Waals surface area contributed by atoms with E-state index in [2.05, 4.69) is 6.07 Å². The second kappa shape index (κ2) is 2.74. The first-order valence-electron chi connectivity index (χ1n) is 5.25. The van der Waals surface area contributed by atoms with Gasteiger partial charge in [-0.2, -0.15) is 0 Å². The molecule has 1 aromatic carbocycles. The van der Waals surface area contributed by atoms with E-state index in [0.29, 0.717) is 0 Å². The summed E-state index contributed by atoms with van der Waals surface area (Å²) in [7, 11) is 0. The van der Waals surface area contributed by atoms with Crippen LogP contribution in [0.25, 0.3) is 0 Å². The Kier molecular flexibility index (Phi) is 1.71. The standard InChI is InChI=1S/C12H14ClN/c13-10-3-1-2-9(6-10)12(14)7-11(12)8-4-5-8/h1-3,6,8,11H,4-5,7,14H2. The summed E-state index contributed by atoms with van der Waals surface area (Å²) in [6, 6.07) is 8.02. The van der Waals surface area contributed by atoms with Crippen LogP contribution in [0, 0.1) is 11.8 Å². The van der Waals surface area contributed by atoms with E-state index in [9.17, 15) is 0 Å². The van der Waals surface area contributed by atoms with Gasteiger partial charge in [0.05, 0.1) is 0 Å². The van der Waals surface area contributed by atoms with Gasteiger partial charge in [0.2, 0.25) is 0 Å². The minimum absolute atomic E-state index is 0.0495. The zero-order chi connectivity index (χ0) is 9.76. The molecule has 2 saturated carbocycles. The molecule has 1 aromatic rings. The Bertz CT molecular complexity index is 372. The summed E-state index contributed by atoms with van der Waals surface area (Å²) in [6.07, 6.45) is 3.91. The van der Waals surface area contributed by atoms with Crippen molar-refractivity contribution in [2.24, 2.45) is 17.6 Å². The van der Waals surface area contributed by atoms with Gasteiger partial charge in [-0.1, -0.05) is 23.7 Å². The molecule has 2 N–H and O–H groups in total. The predicted octanol–water partition coefficient (Wildman–Crippen LogP) is 2.92. The molecule has 1 nitrogen and oxygen atoms in total. The van der Waals surface area contributed by atoms with Crippen LogP contribution < -0.4 is 5.73 Å². The quantitative estimate of drug-likeness (QED) is 0.793. The van der Waals surface area contributed by atoms with E-state index in [-0.39, 0.29) is 5.54 Å². The Hall–Kier alpha value is -0.530. The molecule has 2 aliphatic rings. The van der Waals surface area contributed by atoms with E-state index in [4.69, 9.17) is 17.3 Å². The van der Waals surface area contributed by atoms with Gasteiger partial charge in [0.25, 0.3) is 0 Å². The summed E-state index contributed by atoms with van der Waals surface area (Å²) in [5, 5.41) is 0.800. The van der Waals surface area contributed by atoms with Gasteiger partial charge in [0, 0.05) is 10.6 Å². The SMILES string of the molecule is NC1(c2cccc(Cl)c2)CC1C1CC1. The van der Waals surface area contributed by atoms with Gasteiger partial charge in [0.1, 0.15) is 0 Å². The molecule has 0 spiro atoms. The molecular formula is C12H14ClN. The summed E-state index contributed by atoms with van der Waals surface area (Å²) in [4.78, 5) is 0. The Morgan fingerprint density at radius 3 is 2.79 bits per heavy atom. The van der Waals surface area contributed by atoms with Gasteiger partial charge in [-0.15, -0.1) is 0 Å². The molecule has 14 heavy (non-hydrogen) atoms. The summed E-state index contributed by atoms with van der Waals surface area (Å²) in [5.41, 5.74) is 7.54. The highest BCUT2D eigenvalue weighted by molar-refractivity contribution is 6.30. The lowest BCUT2D eigenvalue weighted by molar-refractivity contribution is 0.575. The lowest BCUT2D eigenvalue weighted by Crippen LogP contribution is -2.22. The molecule has 74 valence electrons. The molecule has 3 rings (SSSR count). The summed E-state index contributed by atoms with van der Waals surface area (Å²) in [5.74, 6) is 1.62. The zero-order valence-corrected chi connectivity index (χ0v) is 8.80. The number of hydrogen-bond donors (Lipinski definition) is 1. The molecule has 0 heterocycles. The second-order valence-electron chi connectivity index (χ2n) is 4.70. The van der Waals surface area contributed by atoms with Gasteiger partial charge >= 0.3 is 0 Å². The van der Waals surface area contributed by atoms with Crippen LogP contribution in [0.3, 0.4) is 0 Å². The molecule has 0 amide bonds. The number of rotatable bonds is 2. The fraction of sp³-hybridized carbons (Fsp3) is 0.500. The lowest BCUT2D eigenvalue weighted by Gasteiger charge is -2.11. The molecule has 0 aromatic heterocycles. The van der Waals surface area contributed by atoms with Crippen molar-refractivity contribution in [1.29, 1.82) is 0 Å². The Morgan fingerprint density at radius 1 is 1.36 bits per heavy atom. The van der Waals surface area contributed by atoms with Crippen LogP contribution in [0.15, 0.2) is 24.3 Å². The monoisotopic (exact) mass is 207 g/mol. The fourth-order valence-corrected chi connectivity index (χ4v) is 2.69. The number of halogens is 1. The van der Waals surface area contributed by atoms with Gasteiger partial charge in [0.15, 0.2) is 0 Å². The molecule has 2 heteroatoms. The van der Waals surface area contributed by atoms with E-state index in [1.807, 2.05) is 18.2 Å². The maximum absolute atomic E-state index is 6.36. The highest BCUT2D eigenvalue weighted by atomic mass is 35.5. The number of benzene rings is 1. The molecule has 2 unspecified atom stereocenters. The smallest absolute Gasteiger partial charge is 0.0445 e. The summed E-state index contributed by atoms with van der Waals surface area (Å²) < 4.78 is 0. The topological polar surface area (TPSA) is 26.0 Å². The van der Waals surface area contributed by atoms with Crippen LogP contribution in [-0.2, 0) is 5.54 Å². The Morgan fingerprint density at radius 2 is 2.14 bits per heavy atom. The third kappa shape index (κ3) is 1.27. The molecule has 2 fully saturated rings. The summed E-state index contributed by atoms with van der Waals surface area (Å²) in [6.45, 7) is 0. The zero-order valence-electron chi connectivity index (χ0n) is 8.04. The van der Waals surface area contributed by atoms with Crippen molar-refractivity contribution in [3.63, 3.8) is 0 Å². The minimum Gasteiger partial charge on any atom is -0.321 e. The van der Waals surface area contributed by atoms with E-state index in [1.54, 1.807) is 0 Å². The van der Waals surface area contributed by atoms with Crippen LogP contribution in [0.5, 0.6) is 0 Å². The minimum atomic E-state index is -0.0495. The number of nitrogens with two attached hydrogens (primary N) is 1. The maximum Gasteiger partial charge on any atom is 0.0445 e. The van der Waals surface area contributed by atoms with E-state index >= 15 is 0 Å². The molecular weight excluding hydrogens is 194 g/mol. The molecule has 2 aliphatic carbocycles. The van der Waals surface area contributed by atoms with Crippen LogP contribution >= 0.6 is 11.6 Å². The van der Waals surface area contributed by atoms with Crippen molar-refractivity contribution in [2.45, 2.75) is 24.8 Å². The fourth-order valence-electron chi connectivity index (χ4n) is 2.50. The number of hydrogen-bond acceptors (Lipinski definition) is 1. The lowest BCUT2D eigenvalue weighted by atomic mass is 10.0. The molecule has 0 aliphatic heterocycles. The van der Waals surface area contributed by atoms with Crippen molar-refractivity contribution < 1.29 is 0 Å². The first-order valence-corrected chi connectivity index (χ1v) is 5.63.